The fraction of sp³-hybridized carbons (Fsp3) is 0. The summed E-state index contributed by atoms with van der Waals surface area (Å²) in [6, 6.07) is 6.92. The van der Waals surface area contributed by atoms with Crippen LogP contribution in [0.5, 0.6) is 0 Å². The molecule has 17 heavy (non-hydrogen) atoms. The molecule has 0 fully saturated rings. The molecule has 0 atom stereocenters. The molecule has 0 aliphatic rings. The van der Waals surface area contributed by atoms with E-state index >= 15 is 0 Å². The van der Waals surface area contributed by atoms with Gasteiger partial charge in [-0.25, -0.2) is 9.97 Å². The number of nitrogens with zero attached hydrogens (tertiary/aromatic N) is 3. The van der Waals surface area contributed by atoms with E-state index in [1.807, 2.05) is 6.07 Å². The van der Waals surface area contributed by atoms with Gasteiger partial charge < -0.3 is 5.73 Å². The zero-order valence-electron chi connectivity index (χ0n) is 8.48. The molecule has 1 aromatic heterocycles. The topological polar surface area (TPSA) is 75.6 Å². The van der Waals surface area contributed by atoms with E-state index in [4.69, 9.17) is 34.2 Å². The smallest absolute Gasteiger partial charge is 0.161 e. The van der Waals surface area contributed by atoms with E-state index in [1.165, 1.54) is 6.20 Å². The summed E-state index contributed by atoms with van der Waals surface area (Å²) < 4.78 is 0. The van der Waals surface area contributed by atoms with Crippen LogP contribution in [0.3, 0.4) is 0 Å². The first-order valence-electron chi connectivity index (χ1n) is 4.60. The lowest BCUT2D eigenvalue weighted by Crippen LogP contribution is -1.98. The minimum absolute atomic E-state index is 0.142. The third kappa shape index (κ3) is 2.31. The van der Waals surface area contributed by atoms with Gasteiger partial charge in [0.05, 0.1) is 16.2 Å². The van der Waals surface area contributed by atoms with E-state index in [0.29, 0.717) is 21.4 Å². The Morgan fingerprint density at radius 3 is 2.59 bits per heavy atom. The predicted octanol–water partition coefficient (Wildman–Crippen LogP) is 2.90. The monoisotopic (exact) mass is 264 g/mol. The Morgan fingerprint density at radius 1 is 1.24 bits per heavy atom. The van der Waals surface area contributed by atoms with Crippen LogP contribution in [0.4, 0.5) is 5.82 Å². The highest BCUT2D eigenvalue weighted by atomic mass is 35.5. The lowest BCUT2D eigenvalue weighted by Gasteiger charge is -2.03. The number of rotatable bonds is 1. The molecule has 1 aromatic carbocycles. The number of aromatic nitrogens is 2. The first-order valence-corrected chi connectivity index (χ1v) is 5.35. The summed E-state index contributed by atoms with van der Waals surface area (Å²) in [5.74, 6) is 0.545. The van der Waals surface area contributed by atoms with Crippen molar-refractivity contribution < 1.29 is 0 Å². The summed E-state index contributed by atoms with van der Waals surface area (Å²) in [5, 5.41) is 9.58. The minimum atomic E-state index is 0.142. The Morgan fingerprint density at radius 2 is 2.00 bits per heavy atom. The van der Waals surface area contributed by atoms with Crippen molar-refractivity contribution in [3.63, 3.8) is 0 Å². The second-order valence-electron chi connectivity index (χ2n) is 3.23. The van der Waals surface area contributed by atoms with Gasteiger partial charge in [0.1, 0.15) is 17.5 Å². The summed E-state index contributed by atoms with van der Waals surface area (Å²) in [5.41, 5.74) is 6.54. The van der Waals surface area contributed by atoms with E-state index < -0.39 is 0 Å². The van der Waals surface area contributed by atoms with E-state index in [-0.39, 0.29) is 11.4 Å². The van der Waals surface area contributed by atoms with Gasteiger partial charge in [0, 0.05) is 5.56 Å². The molecule has 0 saturated carbocycles. The zero-order chi connectivity index (χ0) is 12.4. The van der Waals surface area contributed by atoms with Crippen molar-refractivity contribution >= 4 is 29.0 Å². The van der Waals surface area contributed by atoms with Gasteiger partial charge in [0.15, 0.2) is 5.82 Å². The van der Waals surface area contributed by atoms with Gasteiger partial charge in [-0.3, -0.25) is 0 Å². The van der Waals surface area contributed by atoms with Crippen LogP contribution in [0.25, 0.3) is 11.4 Å². The van der Waals surface area contributed by atoms with E-state index in [1.54, 1.807) is 18.2 Å². The molecule has 0 amide bonds. The van der Waals surface area contributed by atoms with Crippen molar-refractivity contribution in [2.45, 2.75) is 0 Å². The van der Waals surface area contributed by atoms with Gasteiger partial charge in [-0.15, -0.1) is 0 Å². The quantitative estimate of drug-likeness (QED) is 0.860. The molecule has 2 aromatic rings. The van der Waals surface area contributed by atoms with Crippen LogP contribution in [0, 0.1) is 11.3 Å². The minimum Gasteiger partial charge on any atom is -0.382 e. The highest BCUT2D eigenvalue weighted by Crippen LogP contribution is 2.27. The molecule has 84 valence electrons. The van der Waals surface area contributed by atoms with Crippen LogP contribution in [-0.4, -0.2) is 9.97 Å². The molecule has 0 saturated heterocycles. The first kappa shape index (κ1) is 11.6. The highest BCUT2D eigenvalue weighted by Gasteiger charge is 2.07. The van der Waals surface area contributed by atoms with Gasteiger partial charge in [-0.05, 0) is 18.2 Å². The first-order chi connectivity index (χ1) is 8.11. The van der Waals surface area contributed by atoms with Crippen molar-refractivity contribution in [2.75, 3.05) is 5.73 Å². The number of nitrogen functional groups attached to an aromatic ring is 1. The van der Waals surface area contributed by atoms with Crippen LogP contribution < -0.4 is 5.73 Å². The van der Waals surface area contributed by atoms with Gasteiger partial charge in [0.2, 0.25) is 0 Å². The van der Waals surface area contributed by atoms with Gasteiger partial charge in [-0.2, -0.15) is 5.26 Å². The number of benzene rings is 1. The summed E-state index contributed by atoms with van der Waals surface area (Å²) in [4.78, 5) is 8.06. The Kier molecular flexibility index (Phi) is 3.14. The Balaban J connectivity index is 2.50. The number of nitrogens with two attached hydrogens (primary N) is 1. The van der Waals surface area contributed by atoms with Gasteiger partial charge in [0.25, 0.3) is 0 Å². The maximum Gasteiger partial charge on any atom is 0.161 e. The summed E-state index contributed by atoms with van der Waals surface area (Å²) >= 11 is 11.7. The maximum absolute atomic E-state index is 8.71. The number of hydrogen-bond donors (Lipinski definition) is 1. The Hall–Kier alpha value is -1.83. The molecule has 0 radical (unpaired) electrons. The van der Waals surface area contributed by atoms with Crippen LogP contribution in [0.1, 0.15) is 5.56 Å². The Labute approximate surface area is 108 Å². The van der Waals surface area contributed by atoms with Crippen LogP contribution in [0.2, 0.25) is 10.0 Å². The second kappa shape index (κ2) is 4.58. The third-order valence-corrected chi connectivity index (χ3v) is 2.86. The molecule has 0 spiro atoms. The average Bonchev–Trinajstić information content (AvgIpc) is 2.32. The average molecular weight is 265 g/mol. The van der Waals surface area contributed by atoms with Gasteiger partial charge in [-0.1, -0.05) is 23.2 Å². The maximum atomic E-state index is 8.71. The molecule has 2 N–H and O–H groups in total. The van der Waals surface area contributed by atoms with Crippen LogP contribution >= 0.6 is 23.2 Å². The van der Waals surface area contributed by atoms with Crippen molar-refractivity contribution in [2.24, 2.45) is 0 Å². The van der Waals surface area contributed by atoms with Gasteiger partial charge >= 0.3 is 0 Å². The Bertz CT molecular complexity index is 619. The van der Waals surface area contributed by atoms with E-state index in [0.717, 1.165) is 0 Å². The third-order valence-electron chi connectivity index (χ3n) is 2.12. The number of hydrogen-bond acceptors (Lipinski definition) is 4. The highest BCUT2D eigenvalue weighted by molar-refractivity contribution is 6.42. The van der Waals surface area contributed by atoms with Crippen molar-refractivity contribution in [1.29, 1.82) is 5.26 Å². The van der Waals surface area contributed by atoms with Crippen molar-refractivity contribution in [3.05, 3.63) is 40.0 Å². The molecule has 0 bridgehead atoms. The molecular weight excluding hydrogens is 259 g/mol. The lowest BCUT2D eigenvalue weighted by molar-refractivity contribution is 1.17. The van der Waals surface area contributed by atoms with E-state index in [9.17, 15) is 0 Å². The zero-order valence-corrected chi connectivity index (χ0v) is 10.00. The molecule has 4 nitrogen and oxygen atoms in total. The fourth-order valence-corrected chi connectivity index (χ4v) is 1.55. The number of nitriles is 1. The van der Waals surface area contributed by atoms with Crippen LogP contribution in [0.15, 0.2) is 24.4 Å². The number of anilines is 1. The molecule has 0 unspecified atom stereocenters. The number of halogens is 2. The molecule has 0 aliphatic heterocycles. The summed E-state index contributed by atoms with van der Waals surface area (Å²) in [6.07, 6.45) is 1.38. The summed E-state index contributed by atoms with van der Waals surface area (Å²) in [6.45, 7) is 0. The summed E-state index contributed by atoms with van der Waals surface area (Å²) in [7, 11) is 0. The molecule has 6 heteroatoms. The second-order valence-corrected chi connectivity index (χ2v) is 4.05. The molecule has 0 aliphatic carbocycles. The molecule has 1 heterocycles. The van der Waals surface area contributed by atoms with Crippen LogP contribution in [-0.2, 0) is 0 Å². The SMILES string of the molecule is N#Cc1cnc(-c2ccc(Cl)c(Cl)c2)nc1N. The lowest BCUT2D eigenvalue weighted by atomic mass is 10.2. The fourth-order valence-electron chi connectivity index (χ4n) is 1.26. The van der Waals surface area contributed by atoms with E-state index in [2.05, 4.69) is 9.97 Å². The molecular formula is C11H6Cl2N4. The van der Waals surface area contributed by atoms with Crippen molar-refractivity contribution in [3.8, 4) is 17.5 Å². The molecule has 2 rings (SSSR count). The largest absolute Gasteiger partial charge is 0.382 e. The van der Waals surface area contributed by atoms with Crippen molar-refractivity contribution in [1.82, 2.24) is 9.97 Å². The normalized spacial score (nSPS) is 9.94. The standard InChI is InChI=1S/C11H6Cl2N4/c12-8-2-1-6(3-9(8)13)11-16-5-7(4-14)10(15)17-11/h1-3,5H,(H2,15,16,17). The predicted molar refractivity (Wildman–Crippen MR) is 66.6 cm³/mol.